The molecule has 1 heteroatoms. The van der Waals surface area contributed by atoms with E-state index >= 15 is 0 Å². The van der Waals surface area contributed by atoms with Crippen molar-refractivity contribution in [3.8, 4) is 0 Å². The zero-order chi connectivity index (χ0) is 14.8. The Hall–Kier alpha value is -0.820. The van der Waals surface area contributed by atoms with Gasteiger partial charge in [-0.25, -0.2) is 0 Å². The Kier molecular flexibility index (Phi) is 9.93. The Morgan fingerprint density at radius 3 is 1.50 bits per heavy atom. The largest absolute Gasteiger partial charge is 0.314 e. The fraction of sp³-hybridized carbons (Fsp3) is 0.647. The Bertz CT molecular complexity index is 286. The third-order valence-corrected chi connectivity index (χ3v) is 3.68. The molecule has 0 atom stereocenters. The maximum Gasteiger partial charge on any atom is 0.0213 e. The van der Waals surface area contributed by atoms with Gasteiger partial charge in [-0.1, -0.05) is 71.9 Å². The molecular weight excluding hydrogens is 218 g/mol. The third kappa shape index (κ3) is 4.81. The summed E-state index contributed by atoms with van der Waals surface area (Å²) in [6.45, 7) is 17.0. The predicted molar refractivity (Wildman–Crippen MR) is 85.3 cm³/mol. The Labute approximate surface area is 115 Å². The molecule has 1 aromatic rings. The molecule has 0 aromatic heterocycles. The summed E-state index contributed by atoms with van der Waals surface area (Å²) < 4.78 is 0. The molecule has 0 aliphatic heterocycles. The normalized spacial score (nSPS) is 10.7. The Balaban J connectivity index is 0. The van der Waals surface area contributed by atoms with Crippen LogP contribution in [0.4, 0.5) is 0 Å². The third-order valence-electron chi connectivity index (χ3n) is 3.68. The van der Waals surface area contributed by atoms with Crippen molar-refractivity contribution in [3.63, 3.8) is 0 Å². The summed E-state index contributed by atoms with van der Waals surface area (Å²) in [5.41, 5.74) is 1.59. The minimum atomic E-state index is 0.0916. The second-order valence-electron chi connectivity index (χ2n) is 4.87. The molecule has 0 spiro atoms. The van der Waals surface area contributed by atoms with Gasteiger partial charge in [-0.05, 0) is 26.5 Å². The number of benzene rings is 1. The standard InChI is InChI=1S/C13H21N.2C2H6/c1-12(2,13(3,4)14-5)11-9-7-6-8-10-11;2*1-2/h6-10,14H,1-5H3;2*1-2H3. The van der Waals surface area contributed by atoms with Crippen LogP contribution in [0, 0.1) is 0 Å². The van der Waals surface area contributed by atoms with E-state index < -0.39 is 0 Å². The van der Waals surface area contributed by atoms with E-state index in [2.05, 4.69) is 63.3 Å². The molecule has 0 aliphatic carbocycles. The lowest BCUT2D eigenvalue weighted by Gasteiger charge is -2.42. The lowest BCUT2D eigenvalue weighted by Crippen LogP contribution is -2.52. The first kappa shape index (κ1) is 19.5. The molecule has 0 fully saturated rings. The van der Waals surface area contributed by atoms with Gasteiger partial charge in [-0.3, -0.25) is 0 Å². The maximum absolute atomic E-state index is 3.38. The van der Waals surface area contributed by atoms with Crippen LogP contribution >= 0.6 is 0 Å². The highest BCUT2D eigenvalue weighted by atomic mass is 14.9. The molecule has 0 saturated heterocycles. The zero-order valence-electron chi connectivity index (χ0n) is 13.9. The smallest absolute Gasteiger partial charge is 0.0213 e. The van der Waals surface area contributed by atoms with E-state index in [4.69, 9.17) is 0 Å². The topological polar surface area (TPSA) is 12.0 Å². The number of nitrogens with one attached hydrogen (secondary N) is 1. The first-order valence-electron chi connectivity index (χ1n) is 7.16. The summed E-state index contributed by atoms with van der Waals surface area (Å²) in [4.78, 5) is 0. The average Bonchev–Trinajstić information content (AvgIpc) is 2.44. The first-order chi connectivity index (χ1) is 8.42. The van der Waals surface area contributed by atoms with Gasteiger partial charge < -0.3 is 5.32 Å². The van der Waals surface area contributed by atoms with Gasteiger partial charge in [-0.15, -0.1) is 0 Å². The van der Waals surface area contributed by atoms with Crippen LogP contribution < -0.4 is 5.32 Å². The van der Waals surface area contributed by atoms with Gasteiger partial charge in [0.15, 0.2) is 0 Å². The molecule has 1 rings (SSSR count). The maximum atomic E-state index is 3.38. The second-order valence-corrected chi connectivity index (χ2v) is 4.87. The van der Waals surface area contributed by atoms with Crippen LogP contribution in [0.15, 0.2) is 30.3 Å². The summed E-state index contributed by atoms with van der Waals surface area (Å²) in [6.07, 6.45) is 0. The summed E-state index contributed by atoms with van der Waals surface area (Å²) in [5.74, 6) is 0. The first-order valence-corrected chi connectivity index (χ1v) is 7.16. The quantitative estimate of drug-likeness (QED) is 0.796. The Morgan fingerprint density at radius 1 is 0.778 bits per heavy atom. The highest BCUT2D eigenvalue weighted by Gasteiger charge is 2.36. The minimum Gasteiger partial charge on any atom is -0.314 e. The van der Waals surface area contributed by atoms with Crippen molar-refractivity contribution in [3.05, 3.63) is 35.9 Å². The number of rotatable bonds is 3. The van der Waals surface area contributed by atoms with Crippen LogP contribution in [-0.2, 0) is 5.41 Å². The van der Waals surface area contributed by atoms with Crippen molar-refractivity contribution in [2.24, 2.45) is 0 Å². The van der Waals surface area contributed by atoms with E-state index in [1.165, 1.54) is 5.56 Å². The van der Waals surface area contributed by atoms with Gasteiger partial charge in [-0.2, -0.15) is 0 Å². The van der Waals surface area contributed by atoms with Gasteiger partial charge in [0.2, 0.25) is 0 Å². The molecule has 1 N–H and O–H groups in total. The summed E-state index contributed by atoms with van der Waals surface area (Å²) in [6, 6.07) is 10.6. The monoisotopic (exact) mass is 251 g/mol. The number of hydrogen-bond donors (Lipinski definition) is 1. The van der Waals surface area contributed by atoms with Crippen molar-refractivity contribution < 1.29 is 0 Å². The fourth-order valence-electron chi connectivity index (χ4n) is 1.53. The molecule has 0 bridgehead atoms. The van der Waals surface area contributed by atoms with Gasteiger partial charge in [0.05, 0.1) is 0 Å². The summed E-state index contributed by atoms with van der Waals surface area (Å²) in [7, 11) is 2.02. The van der Waals surface area contributed by atoms with Crippen molar-refractivity contribution >= 4 is 0 Å². The van der Waals surface area contributed by atoms with Crippen LogP contribution in [0.25, 0.3) is 0 Å². The van der Waals surface area contributed by atoms with Crippen LogP contribution in [-0.4, -0.2) is 12.6 Å². The molecule has 0 aliphatic rings. The van der Waals surface area contributed by atoms with Crippen LogP contribution in [0.1, 0.15) is 61.0 Å². The van der Waals surface area contributed by atoms with Gasteiger partial charge in [0.1, 0.15) is 0 Å². The average molecular weight is 251 g/mol. The molecule has 1 nitrogen and oxygen atoms in total. The van der Waals surface area contributed by atoms with E-state index in [9.17, 15) is 0 Å². The number of likely N-dealkylation sites (N-methyl/N-ethyl adjacent to an activating group) is 1. The molecular formula is C17H33N. The van der Waals surface area contributed by atoms with E-state index in [-0.39, 0.29) is 11.0 Å². The van der Waals surface area contributed by atoms with Crippen LogP contribution in [0.5, 0.6) is 0 Å². The SMILES string of the molecule is CC.CC.CNC(C)(C)C(C)(C)c1ccccc1. The van der Waals surface area contributed by atoms with Gasteiger partial charge >= 0.3 is 0 Å². The second kappa shape index (κ2) is 9.16. The highest BCUT2D eigenvalue weighted by Crippen LogP contribution is 2.33. The molecule has 0 amide bonds. The van der Waals surface area contributed by atoms with Gasteiger partial charge in [0.25, 0.3) is 0 Å². The lowest BCUT2D eigenvalue weighted by atomic mass is 9.70. The van der Waals surface area contributed by atoms with Crippen LogP contribution in [0.3, 0.4) is 0 Å². The van der Waals surface area contributed by atoms with Crippen molar-refractivity contribution in [2.45, 2.75) is 66.3 Å². The molecule has 106 valence electrons. The fourth-order valence-corrected chi connectivity index (χ4v) is 1.53. The van der Waals surface area contributed by atoms with E-state index in [1.807, 2.05) is 34.7 Å². The van der Waals surface area contributed by atoms with E-state index in [0.717, 1.165) is 0 Å². The van der Waals surface area contributed by atoms with Crippen molar-refractivity contribution in [2.75, 3.05) is 7.05 Å². The summed E-state index contributed by atoms with van der Waals surface area (Å²) in [5, 5.41) is 3.38. The Morgan fingerprint density at radius 2 is 1.17 bits per heavy atom. The van der Waals surface area contributed by atoms with Crippen molar-refractivity contribution in [1.82, 2.24) is 5.32 Å². The highest BCUT2D eigenvalue weighted by molar-refractivity contribution is 5.27. The lowest BCUT2D eigenvalue weighted by molar-refractivity contribution is 0.255. The molecule has 0 unspecified atom stereocenters. The molecule has 18 heavy (non-hydrogen) atoms. The van der Waals surface area contributed by atoms with Crippen molar-refractivity contribution in [1.29, 1.82) is 0 Å². The molecule has 1 aromatic carbocycles. The van der Waals surface area contributed by atoms with E-state index in [1.54, 1.807) is 0 Å². The molecule has 0 saturated carbocycles. The molecule has 0 heterocycles. The molecule has 0 radical (unpaired) electrons. The van der Waals surface area contributed by atoms with Gasteiger partial charge in [0, 0.05) is 11.0 Å². The predicted octanol–water partition coefficient (Wildman–Crippen LogP) is 5.01. The van der Waals surface area contributed by atoms with E-state index in [0.29, 0.717) is 0 Å². The number of hydrogen-bond acceptors (Lipinski definition) is 1. The minimum absolute atomic E-state index is 0.0916. The summed E-state index contributed by atoms with van der Waals surface area (Å²) >= 11 is 0. The zero-order valence-corrected chi connectivity index (χ0v) is 13.9. The van der Waals surface area contributed by atoms with Crippen LogP contribution in [0.2, 0.25) is 0 Å².